The Morgan fingerprint density at radius 3 is 2.73 bits per heavy atom. The van der Waals surface area contributed by atoms with E-state index in [9.17, 15) is 13.2 Å². The molecule has 3 heterocycles. The molecule has 0 aliphatic carbocycles. The second kappa shape index (κ2) is 9.21. The van der Waals surface area contributed by atoms with Gasteiger partial charge in [-0.3, -0.25) is 4.79 Å². The molecule has 3 rings (SSSR count). The van der Waals surface area contributed by atoms with E-state index in [1.807, 2.05) is 0 Å². The number of hydrogen-bond acceptors (Lipinski definition) is 5. The molecule has 2 N–H and O–H groups in total. The van der Waals surface area contributed by atoms with Gasteiger partial charge in [0.1, 0.15) is 10.7 Å². The first-order valence-electron chi connectivity index (χ1n) is 9.08. The van der Waals surface area contributed by atoms with E-state index in [2.05, 4.69) is 10.6 Å². The van der Waals surface area contributed by atoms with Crippen molar-refractivity contribution in [2.24, 2.45) is 5.92 Å². The molecule has 0 spiro atoms. The van der Waals surface area contributed by atoms with Crippen molar-refractivity contribution in [2.75, 3.05) is 32.7 Å². The normalized spacial score (nSPS) is 21.3. The Kier molecular flexibility index (Phi) is 7.52. The van der Waals surface area contributed by atoms with Crippen molar-refractivity contribution in [2.45, 2.75) is 43.9 Å². The van der Waals surface area contributed by atoms with Crippen molar-refractivity contribution in [3.05, 3.63) is 17.6 Å². The Hall–Kier alpha value is -1.09. The van der Waals surface area contributed by atoms with E-state index in [1.165, 1.54) is 23.2 Å². The van der Waals surface area contributed by atoms with Crippen LogP contribution in [-0.4, -0.2) is 51.4 Å². The number of carbonyl (C=O) groups is 1. The van der Waals surface area contributed by atoms with Gasteiger partial charge in [0.25, 0.3) is 5.91 Å². The third-order valence-corrected chi connectivity index (χ3v) is 7.02. The highest BCUT2D eigenvalue weighted by molar-refractivity contribution is 7.89. The molecule has 0 bridgehead atoms. The molecule has 0 saturated carbocycles. The zero-order valence-corrected chi connectivity index (χ0v) is 16.8. The summed E-state index contributed by atoms with van der Waals surface area (Å²) in [5, 5.41) is 6.20. The van der Waals surface area contributed by atoms with Gasteiger partial charge in [0.2, 0.25) is 10.0 Å². The van der Waals surface area contributed by atoms with Crippen LogP contribution < -0.4 is 10.6 Å². The third kappa shape index (κ3) is 4.79. The van der Waals surface area contributed by atoms with Gasteiger partial charge in [-0.25, -0.2) is 8.42 Å². The monoisotopic (exact) mass is 405 g/mol. The largest absolute Gasteiger partial charge is 0.455 e. The molecule has 0 radical (unpaired) electrons. The van der Waals surface area contributed by atoms with Crippen LogP contribution in [0.3, 0.4) is 0 Å². The Balaban J connectivity index is 0.00000243. The van der Waals surface area contributed by atoms with E-state index < -0.39 is 10.0 Å². The second-order valence-electron chi connectivity index (χ2n) is 6.90. The van der Waals surface area contributed by atoms with Gasteiger partial charge >= 0.3 is 0 Å². The molecule has 1 unspecified atom stereocenters. The SMILES string of the molecule is Cc1oc(C(=O)NCCC2CCCNC2)cc1S(=O)(=O)N1CCCC1.Cl. The summed E-state index contributed by atoms with van der Waals surface area (Å²) in [4.78, 5) is 12.4. The lowest BCUT2D eigenvalue weighted by Crippen LogP contribution is -2.33. The van der Waals surface area contributed by atoms with Crippen LogP contribution in [0, 0.1) is 12.8 Å². The molecule has 1 atom stereocenters. The van der Waals surface area contributed by atoms with Gasteiger partial charge in [0.15, 0.2) is 5.76 Å². The summed E-state index contributed by atoms with van der Waals surface area (Å²) in [6, 6.07) is 1.36. The Bertz CT molecular complexity index is 708. The van der Waals surface area contributed by atoms with Crippen LogP contribution in [-0.2, 0) is 10.0 Å². The van der Waals surface area contributed by atoms with Crippen LogP contribution in [0.4, 0.5) is 0 Å². The highest BCUT2D eigenvalue weighted by atomic mass is 35.5. The van der Waals surface area contributed by atoms with Gasteiger partial charge in [-0.2, -0.15) is 4.31 Å². The quantitative estimate of drug-likeness (QED) is 0.754. The van der Waals surface area contributed by atoms with Crippen LogP contribution >= 0.6 is 12.4 Å². The fourth-order valence-electron chi connectivity index (χ4n) is 3.55. The van der Waals surface area contributed by atoms with Crippen LogP contribution in [0.5, 0.6) is 0 Å². The molecular weight excluding hydrogens is 378 g/mol. The molecule has 148 valence electrons. The molecular formula is C17H28ClN3O4S. The molecule has 2 aliphatic heterocycles. The second-order valence-corrected chi connectivity index (χ2v) is 8.81. The molecule has 1 aromatic heterocycles. The number of nitrogens with one attached hydrogen (secondary N) is 2. The number of furan rings is 1. The van der Waals surface area contributed by atoms with Gasteiger partial charge < -0.3 is 15.1 Å². The van der Waals surface area contributed by atoms with Crippen molar-refractivity contribution in [1.82, 2.24) is 14.9 Å². The highest BCUT2D eigenvalue weighted by Gasteiger charge is 2.31. The third-order valence-electron chi connectivity index (χ3n) is 5.02. The predicted octanol–water partition coefficient (Wildman–Crippen LogP) is 1.91. The van der Waals surface area contributed by atoms with E-state index in [1.54, 1.807) is 6.92 Å². The van der Waals surface area contributed by atoms with Crippen molar-refractivity contribution < 1.29 is 17.6 Å². The summed E-state index contributed by atoms with van der Waals surface area (Å²) in [7, 11) is -3.57. The molecule has 0 aromatic carbocycles. The number of rotatable bonds is 6. The number of halogens is 1. The number of carbonyl (C=O) groups excluding carboxylic acids is 1. The first kappa shape index (κ1) is 21.2. The topological polar surface area (TPSA) is 91.6 Å². The van der Waals surface area contributed by atoms with Gasteiger partial charge in [-0.1, -0.05) is 0 Å². The van der Waals surface area contributed by atoms with Crippen LogP contribution in [0.15, 0.2) is 15.4 Å². The van der Waals surface area contributed by atoms with E-state index in [0.717, 1.165) is 32.4 Å². The highest BCUT2D eigenvalue weighted by Crippen LogP contribution is 2.26. The maximum absolute atomic E-state index is 12.6. The van der Waals surface area contributed by atoms with Crippen LogP contribution in [0.2, 0.25) is 0 Å². The molecule has 26 heavy (non-hydrogen) atoms. The number of aryl methyl sites for hydroxylation is 1. The lowest BCUT2D eigenvalue weighted by molar-refractivity contribution is 0.0921. The van der Waals surface area contributed by atoms with E-state index >= 15 is 0 Å². The molecule has 9 heteroatoms. The predicted molar refractivity (Wildman–Crippen MR) is 101 cm³/mol. The molecule has 1 amide bonds. The fourth-order valence-corrected chi connectivity index (χ4v) is 5.23. The van der Waals surface area contributed by atoms with Crippen molar-refractivity contribution >= 4 is 28.3 Å². The molecule has 2 fully saturated rings. The Labute approximate surface area is 161 Å². The van der Waals surface area contributed by atoms with Gasteiger partial charge in [-0.15, -0.1) is 12.4 Å². The molecule has 2 saturated heterocycles. The summed E-state index contributed by atoms with van der Waals surface area (Å²) in [6.07, 6.45) is 5.02. The van der Waals surface area contributed by atoms with Crippen LogP contribution in [0.1, 0.15) is 48.4 Å². The van der Waals surface area contributed by atoms with E-state index in [-0.39, 0.29) is 34.7 Å². The first-order valence-corrected chi connectivity index (χ1v) is 10.5. The standard InChI is InChI=1S/C17H27N3O4S.ClH/c1-13-16(25(22,23)20-9-2-3-10-20)11-15(24-13)17(21)19-8-6-14-5-4-7-18-12-14;/h11,14,18H,2-10,12H2,1H3,(H,19,21);1H. The minimum Gasteiger partial charge on any atom is -0.455 e. The Morgan fingerprint density at radius 2 is 2.08 bits per heavy atom. The number of piperidine rings is 1. The minimum absolute atomic E-state index is 0. The number of sulfonamides is 1. The minimum atomic E-state index is -3.57. The summed E-state index contributed by atoms with van der Waals surface area (Å²) < 4.78 is 32.2. The average Bonchev–Trinajstić information content (AvgIpc) is 3.26. The Morgan fingerprint density at radius 1 is 1.35 bits per heavy atom. The van der Waals surface area contributed by atoms with Crippen molar-refractivity contribution in [3.8, 4) is 0 Å². The van der Waals surface area contributed by atoms with Gasteiger partial charge in [0, 0.05) is 25.7 Å². The van der Waals surface area contributed by atoms with Gasteiger partial charge in [0.05, 0.1) is 0 Å². The zero-order valence-electron chi connectivity index (χ0n) is 15.1. The fraction of sp³-hybridized carbons (Fsp3) is 0.706. The number of nitrogens with zero attached hydrogens (tertiary/aromatic N) is 1. The van der Waals surface area contributed by atoms with Crippen molar-refractivity contribution in [3.63, 3.8) is 0 Å². The van der Waals surface area contributed by atoms with Gasteiger partial charge in [-0.05, 0) is 58.0 Å². The summed E-state index contributed by atoms with van der Waals surface area (Å²) in [6.45, 7) is 5.29. The zero-order chi connectivity index (χ0) is 17.9. The maximum atomic E-state index is 12.6. The van der Waals surface area contributed by atoms with Crippen LogP contribution in [0.25, 0.3) is 0 Å². The molecule has 2 aliphatic rings. The summed E-state index contributed by atoms with van der Waals surface area (Å²) >= 11 is 0. The lowest BCUT2D eigenvalue weighted by atomic mass is 9.96. The summed E-state index contributed by atoms with van der Waals surface area (Å²) in [5.41, 5.74) is 0. The van der Waals surface area contributed by atoms with E-state index in [4.69, 9.17) is 4.42 Å². The van der Waals surface area contributed by atoms with Crippen molar-refractivity contribution in [1.29, 1.82) is 0 Å². The first-order chi connectivity index (χ1) is 12.0. The molecule has 7 nitrogen and oxygen atoms in total. The average molecular weight is 406 g/mol. The lowest BCUT2D eigenvalue weighted by Gasteiger charge is -2.22. The number of amides is 1. The summed E-state index contributed by atoms with van der Waals surface area (Å²) in [5.74, 6) is 0.568. The maximum Gasteiger partial charge on any atom is 0.287 e. The van der Waals surface area contributed by atoms with E-state index in [0.29, 0.717) is 25.6 Å². The molecule has 1 aromatic rings. The smallest absolute Gasteiger partial charge is 0.287 e. The number of hydrogen-bond donors (Lipinski definition) is 2.